The molecule has 2 fully saturated rings. The van der Waals surface area contributed by atoms with Crippen LogP contribution in [0, 0.1) is 12.3 Å². The molecule has 1 amide bonds. The Morgan fingerprint density at radius 2 is 2.04 bits per heavy atom. The van der Waals surface area contributed by atoms with Crippen molar-refractivity contribution in [3.05, 3.63) is 17.5 Å². The number of nitrogens with zero attached hydrogens (tertiary/aromatic N) is 4. The highest BCUT2D eigenvalue weighted by atomic mass is 16.5. The molecule has 0 saturated carbocycles. The van der Waals surface area contributed by atoms with Gasteiger partial charge in [-0.25, -0.2) is 0 Å². The van der Waals surface area contributed by atoms with Gasteiger partial charge in [0.05, 0.1) is 12.2 Å². The summed E-state index contributed by atoms with van der Waals surface area (Å²) < 4.78 is 5.34. The third kappa shape index (κ3) is 4.16. The van der Waals surface area contributed by atoms with Gasteiger partial charge in [0.15, 0.2) is 5.76 Å². The van der Waals surface area contributed by atoms with Gasteiger partial charge < -0.3 is 14.3 Å². The van der Waals surface area contributed by atoms with E-state index in [2.05, 4.69) is 34.0 Å². The first-order valence-electron chi connectivity index (χ1n) is 9.03. The lowest BCUT2D eigenvalue weighted by Gasteiger charge is -2.47. The first-order valence-corrected chi connectivity index (χ1v) is 9.03. The van der Waals surface area contributed by atoms with Crippen LogP contribution in [-0.2, 0) is 11.3 Å². The van der Waals surface area contributed by atoms with E-state index in [1.54, 1.807) is 0 Å². The number of aromatic nitrogens is 1. The third-order valence-electron chi connectivity index (χ3n) is 5.54. The molecule has 1 aromatic heterocycles. The Kier molecular flexibility index (Phi) is 5.25. The molecular weight excluding hydrogens is 304 g/mol. The van der Waals surface area contributed by atoms with Crippen molar-refractivity contribution in [1.82, 2.24) is 19.9 Å². The topological polar surface area (TPSA) is 52.8 Å². The second-order valence-electron chi connectivity index (χ2n) is 7.83. The summed E-state index contributed by atoms with van der Waals surface area (Å²) >= 11 is 0. The maximum Gasteiger partial charge on any atom is 0.222 e. The van der Waals surface area contributed by atoms with Crippen LogP contribution in [0.25, 0.3) is 0 Å². The molecule has 1 aromatic rings. The molecule has 24 heavy (non-hydrogen) atoms. The molecule has 3 rings (SSSR count). The lowest BCUT2D eigenvalue weighted by molar-refractivity contribution is -0.139. The van der Waals surface area contributed by atoms with E-state index in [1.807, 2.05) is 13.0 Å². The quantitative estimate of drug-likeness (QED) is 0.821. The van der Waals surface area contributed by atoms with Gasteiger partial charge in [0, 0.05) is 32.1 Å². The predicted octanol–water partition coefficient (Wildman–Crippen LogP) is 1.75. The number of likely N-dealkylation sites (N-methyl/N-ethyl adjacent to an activating group) is 1. The van der Waals surface area contributed by atoms with E-state index in [9.17, 15) is 4.79 Å². The molecule has 134 valence electrons. The van der Waals surface area contributed by atoms with Gasteiger partial charge in [0.1, 0.15) is 0 Å². The van der Waals surface area contributed by atoms with Crippen LogP contribution in [0.5, 0.6) is 0 Å². The summed E-state index contributed by atoms with van der Waals surface area (Å²) in [5.74, 6) is 1.29. The zero-order valence-electron chi connectivity index (χ0n) is 15.3. The minimum atomic E-state index is 0.327. The molecule has 0 aromatic carbocycles. The van der Waals surface area contributed by atoms with E-state index < -0.39 is 0 Å². The van der Waals surface area contributed by atoms with Gasteiger partial charge in [0.25, 0.3) is 0 Å². The Hall–Kier alpha value is -1.40. The average molecular weight is 334 g/mol. The maximum absolute atomic E-state index is 12.2. The summed E-state index contributed by atoms with van der Waals surface area (Å²) in [4.78, 5) is 18.9. The monoisotopic (exact) mass is 334 g/mol. The number of likely N-dealkylation sites (tertiary alicyclic amines) is 2. The van der Waals surface area contributed by atoms with Crippen molar-refractivity contribution in [2.24, 2.45) is 5.41 Å². The summed E-state index contributed by atoms with van der Waals surface area (Å²) in [6, 6.07) is 2.02. The van der Waals surface area contributed by atoms with Crippen molar-refractivity contribution >= 4 is 5.91 Å². The first kappa shape index (κ1) is 17.4. The van der Waals surface area contributed by atoms with Gasteiger partial charge >= 0.3 is 0 Å². The molecule has 0 atom stereocenters. The number of amides is 1. The van der Waals surface area contributed by atoms with Crippen LogP contribution in [0.3, 0.4) is 0 Å². The zero-order valence-corrected chi connectivity index (χ0v) is 15.3. The van der Waals surface area contributed by atoms with Crippen LogP contribution >= 0.6 is 0 Å². The molecule has 6 heteroatoms. The first-order chi connectivity index (χ1) is 11.5. The molecule has 2 aliphatic rings. The van der Waals surface area contributed by atoms with Crippen LogP contribution in [0.4, 0.5) is 0 Å². The number of piperidine rings is 2. The van der Waals surface area contributed by atoms with Gasteiger partial charge in [-0.15, -0.1) is 0 Å². The highest BCUT2D eigenvalue weighted by Gasteiger charge is 2.40. The lowest BCUT2D eigenvalue weighted by Crippen LogP contribution is -2.52. The number of rotatable bonds is 5. The van der Waals surface area contributed by atoms with Crippen LogP contribution in [0.2, 0.25) is 0 Å². The second-order valence-corrected chi connectivity index (χ2v) is 7.83. The lowest BCUT2D eigenvalue weighted by atomic mass is 9.72. The van der Waals surface area contributed by atoms with E-state index in [1.165, 1.54) is 12.8 Å². The van der Waals surface area contributed by atoms with Gasteiger partial charge in [-0.1, -0.05) is 5.16 Å². The number of aryl methyl sites for hydroxylation is 1. The van der Waals surface area contributed by atoms with E-state index in [-0.39, 0.29) is 0 Å². The fourth-order valence-corrected chi connectivity index (χ4v) is 3.93. The number of hydrogen-bond acceptors (Lipinski definition) is 5. The average Bonchev–Trinajstić information content (AvgIpc) is 2.96. The van der Waals surface area contributed by atoms with Gasteiger partial charge in [-0.2, -0.15) is 0 Å². The van der Waals surface area contributed by atoms with Crippen LogP contribution in [0.15, 0.2) is 10.6 Å². The Morgan fingerprint density at radius 1 is 1.29 bits per heavy atom. The van der Waals surface area contributed by atoms with Crippen molar-refractivity contribution in [3.8, 4) is 0 Å². The molecule has 2 saturated heterocycles. The fraction of sp³-hybridized carbons (Fsp3) is 0.778. The predicted molar refractivity (Wildman–Crippen MR) is 92.6 cm³/mol. The molecule has 0 aliphatic carbocycles. The Labute approximate surface area is 144 Å². The molecule has 1 spiro atoms. The largest absolute Gasteiger partial charge is 0.360 e. The summed E-state index contributed by atoms with van der Waals surface area (Å²) in [6.07, 6.45) is 4.12. The molecule has 0 unspecified atom stereocenters. The van der Waals surface area contributed by atoms with Gasteiger partial charge in [-0.05, 0) is 58.8 Å². The maximum atomic E-state index is 12.2. The molecular formula is C18H30N4O2. The summed E-state index contributed by atoms with van der Waals surface area (Å²) in [7, 11) is 4.13. The number of carbonyl (C=O) groups excluding carboxylic acids is 1. The zero-order chi connectivity index (χ0) is 17.2. The van der Waals surface area contributed by atoms with Crippen LogP contribution < -0.4 is 0 Å². The summed E-state index contributed by atoms with van der Waals surface area (Å²) in [6.45, 7) is 7.70. The standard InChI is InChI=1S/C18H30N4O2/c1-15-12-16(24-19-15)13-21-8-6-18(7-9-21)5-4-17(23)22(14-18)11-10-20(2)3/h12H,4-11,13-14H2,1-3H3. The molecule has 2 aliphatic heterocycles. The molecule has 0 radical (unpaired) electrons. The van der Waals surface area contributed by atoms with Crippen molar-refractivity contribution < 1.29 is 9.32 Å². The van der Waals surface area contributed by atoms with Gasteiger partial charge in [-0.3, -0.25) is 9.69 Å². The summed E-state index contributed by atoms with van der Waals surface area (Å²) in [5, 5.41) is 3.97. The normalized spacial score (nSPS) is 21.8. The van der Waals surface area contributed by atoms with Crippen molar-refractivity contribution in [2.75, 3.05) is 46.8 Å². The Bertz CT molecular complexity index is 561. The number of carbonyl (C=O) groups is 1. The SMILES string of the molecule is Cc1cc(CN2CCC3(CCC(=O)N(CCN(C)C)C3)CC2)on1. The highest BCUT2D eigenvalue weighted by Crippen LogP contribution is 2.40. The van der Waals surface area contributed by atoms with Crippen molar-refractivity contribution in [3.63, 3.8) is 0 Å². The van der Waals surface area contributed by atoms with E-state index in [0.29, 0.717) is 17.7 Å². The molecule has 0 bridgehead atoms. The van der Waals surface area contributed by atoms with E-state index in [4.69, 9.17) is 4.52 Å². The van der Waals surface area contributed by atoms with E-state index >= 15 is 0 Å². The van der Waals surface area contributed by atoms with E-state index in [0.717, 1.165) is 57.1 Å². The minimum Gasteiger partial charge on any atom is -0.360 e. The molecule has 3 heterocycles. The van der Waals surface area contributed by atoms with Crippen LogP contribution in [-0.4, -0.2) is 72.6 Å². The molecule has 6 nitrogen and oxygen atoms in total. The van der Waals surface area contributed by atoms with Crippen LogP contribution in [0.1, 0.15) is 37.1 Å². The highest BCUT2D eigenvalue weighted by molar-refractivity contribution is 5.77. The van der Waals surface area contributed by atoms with Crippen molar-refractivity contribution in [2.45, 2.75) is 39.2 Å². The van der Waals surface area contributed by atoms with Crippen molar-refractivity contribution in [1.29, 1.82) is 0 Å². The number of hydrogen-bond donors (Lipinski definition) is 0. The smallest absolute Gasteiger partial charge is 0.222 e. The second kappa shape index (κ2) is 7.23. The Balaban J connectivity index is 1.53. The fourth-order valence-electron chi connectivity index (χ4n) is 3.93. The molecule has 0 N–H and O–H groups in total. The van der Waals surface area contributed by atoms with Gasteiger partial charge in [0.2, 0.25) is 5.91 Å². The third-order valence-corrected chi connectivity index (χ3v) is 5.54. The Morgan fingerprint density at radius 3 is 2.67 bits per heavy atom. The minimum absolute atomic E-state index is 0.327. The summed E-state index contributed by atoms with van der Waals surface area (Å²) in [5.41, 5.74) is 1.27.